The van der Waals surface area contributed by atoms with Gasteiger partial charge in [-0.15, -0.1) is 0 Å². The minimum Gasteiger partial charge on any atom is -0.493 e. The number of hydrogen-bond donors (Lipinski definition) is 1. The minimum atomic E-state index is -0.0700. The van der Waals surface area contributed by atoms with Crippen molar-refractivity contribution in [3.8, 4) is 11.5 Å². The molecule has 0 aliphatic carbocycles. The maximum atomic E-state index is 9.31. The molecule has 1 aromatic heterocycles. The van der Waals surface area contributed by atoms with Gasteiger partial charge in [0, 0.05) is 24.4 Å². The van der Waals surface area contributed by atoms with Crippen LogP contribution >= 0.6 is 0 Å². The van der Waals surface area contributed by atoms with Gasteiger partial charge in [0.05, 0.1) is 20.3 Å². The van der Waals surface area contributed by atoms with Crippen molar-refractivity contribution in [2.75, 3.05) is 13.7 Å². The molecule has 0 fully saturated rings. The fourth-order valence-electron chi connectivity index (χ4n) is 1.83. The molecule has 0 atom stereocenters. The molecule has 2 rings (SSSR count). The van der Waals surface area contributed by atoms with Gasteiger partial charge in [0.2, 0.25) is 0 Å². The Hall–Kier alpha value is -2.07. The van der Waals surface area contributed by atoms with Crippen molar-refractivity contribution in [2.24, 2.45) is 0 Å². The maximum absolute atomic E-state index is 9.31. The lowest BCUT2D eigenvalue weighted by Crippen LogP contribution is -2.05. The van der Waals surface area contributed by atoms with Gasteiger partial charge in [-0.2, -0.15) is 0 Å². The predicted octanol–water partition coefficient (Wildman–Crippen LogP) is 2.20. The average molecular weight is 259 g/mol. The van der Waals surface area contributed by atoms with Crippen LogP contribution in [0.5, 0.6) is 11.5 Å². The molecule has 100 valence electrons. The smallest absolute Gasteiger partial charge is 0.166 e. The first-order valence-corrected chi connectivity index (χ1v) is 6.13. The van der Waals surface area contributed by atoms with E-state index in [1.165, 1.54) is 0 Å². The van der Waals surface area contributed by atoms with E-state index in [4.69, 9.17) is 9.47 Å². The molecule has 0 spiro atoms. The number of nitrogens with zero attached hydrogens (tertiary/aromatic N) is 1. The van der Waals surface area contributed by atoms with Gasteiger partial charge in [-0.25, -0.2) is 0 Å². The number of benzene rings is 1. The van der Waals surface area contributed by atoms with E-state index in [2.05, 4.69) is 4.98 Å². The zero-order valence-corrected chi connectivity index (χ0v) is 10.9. The van der Waals surface area contributed by atoms with E-state index in [9.17, 15) is 5.11 Å². The van der Waals surface area contributed by atoms with Crippen LogP contribution in [0.4, 0.5) is 0 Å². The third kappa shape index (κ3) is 3.45. The number of hydrogen-bond acceptors (Lipinski definition) is 4. The van der Waals surface area contributed by atoms with Gasteiger partial charge < -0.3 is 14.6 Å². The van der Waals surface area contributed by atoms with Crippen LogP contribution in [0, 0.1) is 0 Å². The summed E-state index contributed by atoms with van der Waals surface area (Å²) in [6.07, 6.45) is 4.32. The van der Waals surface area contributed by atoms with E-state index < -0.39 is 0 Å². The Morgan fingerprint density at radius 3 is 2.79 bits per heavy atom. The molecule has 1 N–H and O–H groups in total. The summed E-state index contributed by atoms with van der Waals surface area (Å²) < 4.78 is 11.0. The van der Waals surface area contributed by atoms with Gasteiger partial charge in [0.15, 0.2) is 11.5 Å². The lowest BCUT2D eigenvalue weighted by atomic mass is 10.2. The van der Waals surface area contributed by atoms with Crippen LogP contribution in [0.3, 0.4) is 0 Å². The third-order valence-electron chi connectivity index (χ3n) is 2.81. The van der Waals surface area contributed by atoms with Crippen LogP contribution in [-0.4, -0.2) is 23.8 Å². The van der Waals surface area contributed by atoms with Crippen molar-refractivity contribution in [1.29, 1.82) is 0 Å². The van der Waals surface area contributed by atoms with E-state index in [0.717, 1.165) is 17.5 Å². The largest absolute Gasteiger partial charge is 0.493 e. The fraction of sp³-hybridized carbons (Fsp3) is 0.267. The van der Waals surface area contributed by atoms with Crippen molar-refractivity contribution in [1.82, 2.24) is 4.98 Å². The van der Waals surface area contributed by atoms with E-state index in [-0.39, 0.29) is 6.61 Å². The second-order valence-electron chi connectivity index (χ2n) is 4.07. The first-order chi connectivity index (χ1) is 9.35. The quantitative estimate of drug-likeness (QED) is 0.864. The zero-order chi connectivity index (χ0) is 13.5. The molecular formula is C15H17NO3. The van der Waals surface area contributed by atoms with Crippen molar-refractivity contribution < 1.29 is 14.6 Å². The number of para-hydroxylation sites is 1. The normalized spacial score (nSPS) is 10.2. The number of rotatable bonds is 6. The summed E-state index contributed by atoms with van der Waals surface area (Å²) in [6.45, 7) is 0.443. The van der Waals surface area contributed by atoms with Gasteiger partial charge in [-0.05, 0) is 17.7 Å². The molecule has 4 heteroatoms. The van der Waals surface area contributed by atoms with E-state index in [1.807, 2.05) is 36.5 Å². The molecule has 0 aliphatic rings. The summed E-state index contributed by atoms with van der Waals surface area (Å²) >= 11 is 0. The van der Waals surface area contributed by atoms with Gasteiger partial charge in [0.25, 0.3) is 0 Å². The first-order valence-electron chi connectivity index (χ1n) is 6.13. The Morgan fingerprint density at radius 1 is 1.21 bits per heavy atom. The molecule has 4 nitrogen and oxygen atoms in total. The van der Waals surface area contributed by atoms with Crippen LogP contribution in [0.25, 0.3) is 0 Å². The van der Waals surface area contributed by atoms with Crippen LogP contribution in [0.15, 0.2) is 42.7 Å². The van der Waals surface area contributed by atoms with Gasteiger partial charge >= 0.3 is 0 Å². The molecule has 0 radical (unpaired) electrons. The number of ether oxygens (including phenoxy) is 2. The summed E-state index contributed by atoms with van der Waals surface area (Å²) in [4.78, 5) is 4.06. The Morgan fingerprint density at radius 2 is 2.11 bits per heavy atom. The molecule has 0 saturated carbocycles. The molecule has 1 aromatic carbocycles. The predicted molar refractivity (Wildman–Crippen MR) is 72.4 cm³/mol. The van der Waals surface area contributed by atoms with E-state index in [0.29, 0.717) is 18.1 Å². The fourth-order valence-corrected chi connectivity index (χ4v) is 1.83. The first kappa shape index (κ1) is 13.4. The summed E-state index contributed by atoms with van der Waals surface area (Å²) in [5.41, 5.74) is 1.84. The van der Waals surface area contributed by atoms with E-state index in [1.54, 1.807) is 13.3 Å². The SMILES string of the molecule is COc1cccc(CO)c1OCCc1cccnc1. The van der Waals surface area contributed by atoms with E-state index >= 15 is 0 Å². The van der Waals surface area contributed by atoms with Crippen molar-refractivity contribution in [3.05, 3.63) is 53.9 Å². The Balaban J connectivity index is 2.02. The lowest BCUT2D eigenvalue weighted by molar-refractivity contribution is 0.256. The monoisotopic (exact) mass is 259 g/mol. The molecule has 0 amide bonds. The standard InChI is InChI=1S/C15H17NO3/c1-18-14-6-2-5-13(11-17)15(14)19-9-7-12-4-3-8-16-10-12/h2-6,8,10,17H,7,9,11H2,1H3. The summed E-state index contributed by atoms with van der Waals surface area (Å²) in [5, 5.41) is 9.31. The number of aromatic nitrogens is 1. The summed E-state index contributed by atoms with van der Waals surface area (Å²) in [7, 11) is 1.59. The second-order valence-corrected chi connectivity index (χ2v) is 4.07. The summed E-state index contributed by atoms with van der Waals surface area (Å²) in [5.74, 6) is 1.24. The molecule has 0 bridgehead atoms. The molecule has 0 saturated heterocycles. The highest BCUT2D eigenvalue weighted by Gasteiger charge is 2.09. The van der Waals surface area contributed by atoms with Gasteiger partial charge in [-0.1, -0.05) is 18.2 Å². The van der Waals surface area contributed by atoms with Crippen LogP contribution in [0.2, 0.25) is 0 Å². The number of aliphatic hydroxyl groups is 1. The maximum Gasteiger partial charge on any atom is 0.166 e. The Labute approximate surface area is 112 Å². The average Bonchev–Trinajstić information content (AvgIpc) is 2.48. The Bertz CT molecular complexity index is 492. The highest BCUT2D eigenvalue weighted by Crippen LogP contribution is 2.31. The molecule has 0 unspecified atom stereocenters. The molecule has 0 aliphatic heterocycles. The lowest BCUT2D eigenvalue weighted by Gasteiger charge is -2.13. The Kier molecular flexibility index (Phi) is 4.75. The molecule has 1 heterocycles. The number of methoxy groups -OCH3 is 1. The number of pyridine rings is 1. The second kappa shape index (κ2) is 6.75. The summed E-state index contributed by atoms with van der Waals surface area (Å²) in [6, 6.07) is 9.38. The van der Waals surface area contributed by atoms with Crippen molar-refractivity contribution >= 4 is 0 Å². The number of aliphatic hydroxyl groups excluding tert-OH is 1. The molecule has 19 heavy (non-hydrogen) atoms. The van der Waals surface area contributed by atoms with Gasteiger partial charge in [-0.3, -0.25) is 4.98 Å². The zero-order valence-electron chi connectivity index (χ0n) is 10.9. The highest BCUT2D eigenvalue weighted by atomic mass is 16.5. The van der Waals surface area contributed by atoms with Gasteiger partial charge in [0.1, 0.15) is 0 Å². The van der Waals surface area contributed by atoms with Crippen molar-refractivity contribution in [3.63, 3.8) is 0 Å². The van der Waals surface area contributed by atoms with Crippen LogP contribution < -0.4 is 9.47 Å². The van der Waals surface area contributed by atoms with Crippen molar-refractivity contribution in [2.45, 2.75) is 13.0 Å². The third-order valence-corrected chi connectivity index (χ3v) is 2.81. The van der Waals surface area contributed by atoms with Crippen LogP contribution in [-0.2, 0) is 13.0 Å². The molecule has 2 aromatic rings. The molecular weight excluding hydrogens is 242 g/mol. The highest BCUT2D eigenvalue weighted by molar-refractivity contribution is 5.46. The van der Waals surface area contributed by atoms with Crippen LogP contribution in [0.1, 0.15) is 11.1 Å². The minimum absolute atomic E-state index is 0.0700. The topological polar surface area (TPSA) is 51.6 Å².